The Labute approximate surface area is 156 Å². The highest BCUT2D eigenvalue weighted by Gasteiger charge is 2.23. The van der Waals surface area contributed by atoms with E-state index in [1.165, 1.54) is 19.3 Å². The Morgan fingerprint density at radius 3 is 2.85 bits per heavy atom. The molecule has 2 aromatic rings. The lowest BCUT2D eigenvalue weighted by molar-refractivity contribution is 0.135. The van der Waals surface area contributed by atoms with Crippen molar-refractivity contribution in [1.82, 2.24) is 9.88 Å². The van der Waals surface area contributed by atoms with E-state index < -0.39 is 0 Å². The van der Waals surface area contributed by atoms with E-state index in [2.05, 4.69) is 30.7 Å². The van der Waals surface area contributed by atoms with Crippen molar-refractivity contribution in [3.8, 4) is 5.75 Å². The summed E-state index contributed by atoms with van der Waals surface area (Å²) in [5, 5.41) is 0.733. The number of likely N-dealkylation sites (tertiary alicyclic amines) is 1. The molecule has 1 N–H and O–H groups in total. The fourth-order valence-corrected chi connectivity index (χ4v) is 3.91. The lowest BCUT2D eigenvalue weighted by Gasteiger charge is -2.35. The molecule has 1 aromatic carbocycles. The van der Waals surface area contributed by atoms with Gasteiger partial charge >= 0.3 is 0 Å². The minimum absolute atomic E-state index is 0.145. The lowest BCUT2D eigenvalue weighted by Crippen LogP contribution is -2.39. The Morgan fingerprint density at radius 2 is 2.12 bits per heavy atom. The predicted octanol–water partition coefficient (Wildman–Crippen LogP) is 4.64. The number of H-pyrrole nitrogens is 1. The first kappa shape index (κ1) is 19.0. The number of aromatic nitrogens is 1. The van der Waals surface area contributed by atoms with Crippen LogP contribution in [0, 0.1) is 12.8 Å². The molecule has 0 saturated carbocycles. The van der Waals surface area contributed by atoms with E-state index in [0.717, 1.165) is 47.4 Å². The van der Waals surface area contributed by atoms with Gasteiger partial charge < -0.3 is 9.72 Å². The molecule has 26 heavy (non-hydrogen) atoms. The maximum Gasteiger partial charge on any atom is 0.194 e. The number of pyridine rings is 1. The molecule has 0 radical (unpaired) electrons. The van der Waals surface area contributed by atoms with E-state index in [9.17, 15) is 4.79 Å². The molecule has 1 aliphatic heterocycles. The molecule has 3 rings (SSSR count). The highest BCUT2D eigenvalue weighted by atomic mass is 16.5. The molecular weight excluding hydrogens is 324 g/mol. The minimum Gasteiger partial charge on any atom is -0.493 e. The number of rotatable bonds is 6. The maximum atomic E-state index is 13.2. The van der Waals surface area contributed by atoms with Gasteiger partial charge in [0.2, 0.25) is 0 Å². The van der Waals surface area contributed by atoms with E-state index in [0.29, 0.717) is 18.6 Å². The number of nitrogens with zero attached hydrogens (tertiary/aromatic N) is 1. The fraction of sp³-hybridized carbons (Fsp3) is 0.591. The fourth-order valence-electron chi connectivity index (χ4n) is 3.91. The number of benzene rings is 1. The third-order valence-corrected chi connectivity index (χ3v) is 5.45. The van der Waals surface area contributed by atoms with Gasteiger partial charge in [0, 0.05) is 34.7 Å². The van der Waals surface area contributed by atoms with Gasteiger partial charge in [-0.25, -0.2) is 0 Å². The molecule has 0 amide bonds. The van der Waals surface area contributed by atoms with Crippen molar-refractivity contribution < 1.29 is 4.74 Å². The molecule has 4 heteroatoms. The van der Waals surface area contributed by atoms with Gasteiger partial charge in [-0.3, -0.25) is 9.69 Å². The summed E-state index contributed by atoms with van der Waals surface area (Å²) in [5.41, 5.74) is 2.92. The molecule has 0 aliphatic carbocycles. The Morgan fingerprint density at radius 1 is 1.31 bits per heavy atom. The molecular formula is C22H32N2O2. The molecule has 1 fully saturated rings. The van der Waals surface area contributed by atoms with Crippen molar-refractivity contribution in [2.45, 2.75) is 66.0 Å². The quantitative estimate of drug-likeness (QED) is 0.820. The van der Waals surface area contributed by atoms with Gasteiger partial charge in [-0.05, 0) is 56.8 Å². The van der Waals surface area contributed by atoms with Gasteiger partial charge in [-0.2, -0.15) is 0 Å². The van der Waals surface area contributed by atoms with Crippen LogP contribution in [0.15, 0.2) is 23.0 Å². The second-order valence-electron chi connectivity index (χ2n) is 8.00. The maximum absolute atomic E-state index is 13.2. The third kappa shape index (κ3) is 4.12. The number of piperidine rings is 1. The third-order valence-electron chi connectivity index (χ3n) is 5.45. The van der Waals surface area contributed by atoms with Gasteiger partial charge in [0.05, 0.1) is 6.61 Å². The van der Waals surface area contributed by atoms with Crippen molar-refractivity contribution >= 4 is 10.9 Å². The van der Waals surface area contributed by atoms with Crippen LogP contribution in [0.3, 0.4) is 0 Å². The highest BCUT2D eigenvalue weighted by molar-refractivity contribution is 5.81. The van der Waals surface area contributed by atoms with E-state index >= 15 is 0 Å². The van der Waals surface area contributed by atoms with E-state index in [-0.39, 0.29) is 5.43 Å². The topological polar surface area (TPSA) is 45.3 Å². The molecule has 142 valence electrons. The first-order valence-electron chi connectivity index (χ1n) is 10.0. The number of nitrogens with one attached hydrogen (secondary N) is 1. The summed E-state index contributed by atoms with van der Waals surface area (Å²) >= 11 is 0. The number of hydrogen-bond acceptors (Lipinski definition) is 3. The predicted molar refractivity (Wildman–Crippen MR) is 108 cm³/mol. The zero-order chi connectivity index (χ0) is 18.7. The highest BCUT2D eigenvalue weighted by Crippen LogP contribution is 2.23. The van der Waals surface area contributed by atoms with Gasteiger partial charge in [0.25, 0.3) is 0 Å². The molecule has 1 unspecified atom stereocenters. The molecule has 1 atom stereocenters. The van der Waals surface area contributed by atoms with Gasteiger partial charge in [0.1, 0.15) is 5.75 Å². The van der Waals surface area contributed by atoms with E-state index in [4.69, 9.17) is 4.74 Å². The average molecular weight is 357 g/mol. The Hall–Kier alpha value is -1.81. The summed E-state index contributed by atoms with van der Waals surface area (Å²) in [7, 11) is 0. The zero-order valence-electron chi connectivity index (χ0n) is 16.6. The molecule has 1 saturated heterocycles. The Bertz CT molecular complexity index is 810. The smallest absolute Gasteiger partial charge is 0.194 e. The minimum atomic E-state index is 0.145. The molecule has 1 aromatic heterocycles. The monoisotopic (exact) mass is 356 g/mol. The number of aryl methyl sites for hydroxylation is 1. The van der Waals surface area contributed by atoms with Crippen molar-refractivity contribution in [3.63, 3.8) is 0 Å². The number of fused-ring (bicyclic) bond motifs is 1. The first-order chi connectivity index (χ1) is 12.5. The molecule has 1 aliphatic rings. The van der Waals surface area contributed by atoms with Crippen LogP contribution in [0.5, 0.6) is 5.75 Å². The van der Waals surface area contributed by atoms with Crippen molar-refractivity contribution in [2.24, 2.45) is 5.92 Å². The SMILES string of the molecule is CCC1CCCCN1Cc1c(C)[nH]c2ccc(OCC(C)C)cc2c1=O. The Kier molecular flexibility index (Phi) is 6.02. The van der Waals surface area contributed by atoms with Crippen LogP contribution >= 0.6 is 0 Å². The summed E-state index contributed by atoms with van der Waals surface area (Å²) in [6.45, 7) is 11.0. The number of aromatic amines is 1. The Balaban J connectivity index is 1.93. The van der Waals surface area contributed by atoms with E-state index in [1.54, 1.807) is 0 Å². The lowest BCUT2D eigenvalue weighted by atomic mass is 9.98. The first-order valence-corrected chi connectivity index (χ1v) is 10.0. The molecule has 4 nitrogen and oxygen atoms in total. The normalized spacial score (nSPS) is 18.6. The van der Waals surface area contributed by atoms with Crippen LogP contribution in [0.25, 0.3) is 10.9 Å². The zero-order valence-corrected chi connectivity index (χ0v) is 16.6. The standard InChI is InChI=1S/C22H32N2O2/c1-5-17-8-6-7-11-24(17)13-20-16(4)23-21-10-9-18(26-14-15(2)3)12-19(21)22(20)25/h9-10,12,15,17H,5-8,11,13-14H2,1-4H3,(H,23,25). The van der Waals surface area contributed by atoms with Crippen LogP contribution in [-0.4, -0.2) is 29.1 Å². The molecule has 2 heterocycles. The average Bonchev–Trinajstić information content (AvgIpc) is 2.64. The summed E-state index contributed by atoms with van der Waals surface area (Å²) < 4.78 is 5.82. The largest absolute Gasteiger partial charge is 0.493 e. The van der Waals surface area contributed by atoms with Crippen LogP contribution in [-0.2, 0) is 6.54 Å². The number of hydrogen-bond donors (Lipinski definition) is 1. The van der Waals surface area contributed by atoms with Crippen molar-refractivity contribution in [1.29, 1.82) is 0 Å². The summed E-state index contributed by atoms with van der Waals surface area (Å²) in [6.07, 6.45) is 4.93. The molecule has 0 bridgehead atoms. The van der Waals surface area contributed by atoms with Crippen LogP contribution in [0.1, 0.15) is 57.7 Å². The summed E-state index contributed by atoms with van der Waals surface area (Å²) in [6, 6.07) is 6.39. The van der Waals surface area contributed by atoms with Gasteiger partial charge in [0.15, 0.2) is 5.43 Å². The van der Waals surface area contributed by atoms with E-state index in [1.807, 2.05) is 25.1 Å². The second kappa shape index (κ2) is 8.26. The van der Waals surface area contributed by atoms with Crippen LogP contribution < -0.4 is 10.2 Å². The van der Waals surface area contributed by atoms with Crippen LogP contribution in [0.4, 0.5) is 0 Å². The van der Waals surface area contributed by atoms with Gasteiger partial charge in [-0.1, -0.05) is 27.2 Å². The second-order valence-corrected chi connectivity index (χ2v) is 8.00. The summed E-state index contributed by atoms with van der Waals surface area (Å²) in [5.74, 6) is 1.23. The number of ether oxygens (including phenoxy) is 1. The van der Waals surface area contributed by atoms with Crippen molar-refractivity contribution in [3.05, 3.63) is 39.7 Å². The van der Waals surface area contributed by atoms with Crippen LogP contribution in [0.2, 0.25) is 0 Å². The summed E-state index contributed by atoms with van der Waals surface area (Å²) in [4.78, 5) is 19.1. The van der Waals surface area contributed by atoms with Crippen molar-refractivity contribution in [2.75, 3.05) is 13.2 Å². The molecule has 0 spiro atoms. The van der Waals surface area contributed by atoms with Gasteiger partial charge in [-0.15, -0.1) is 0 Å².